The van der Waals surface area contributed by atoms with Gasteiger partial charge in [-0.1, -0.05) is 12.1 Å². The van der Waals surface area contributed by atoms with E-state index < -0.39 is 28.9 Å². The number of carbonyl (C=O) groups is 2. The molecule has 0 aliphatic rings. The van der Waals surface area contributed by atoms with E-state index >= 15 is 4.39 Å². The first-order valence-corrected chi connectivity index (χ1v) is 13.0. The zero-order valence-corrected chi connectivity index (χ0v) is 23.9. The molecular formula is C31H25F2N5O6. The maximum absolute atomic E-state index is 15.2. The fourth-order valence-corrected chi connectivity index (χ4v) is 4.54. The number of nitrogens with zero attached hydrogens (tertiary/aromatic N) is 3. The lowest BCUT2D eigenvalue weighted by atomic mass is 10.00. The summed E-state index contributed by atoms with van der Waals surface area (Å²) in [7, 11) is 5.77. The number of rotatable bonds is 8. The zero-order valence-electron chi connectivity index (χ0n) is 23.9. The summed E-state index contributed by atoms with van der Waals surface area (Å²) in [5.74, 6) is -2.21. The van der Waals surface area contributed by atoms with Crippen molar-refractivity contribution in [3.8, 4) is 34.3 Å². The number of carbonyl (C=O) groups excluding carboxylic acids is 2. The molecule has 2 aromatic carbocycles. The number of hydrogen-bond acceptors (Lipinski definition) is 8. The number of methoxy groups -OCH3 is 2. The standard InChI is InChI=1S/C31H25F2N5O6/c1-34-30(41)27-25(16-5-7-17(32)8-6-16)28(39)19(15-38(27)2)29(40)36-18-9-10-22(20(33)13-18)44-23-11-12-35-21-14-24(42-3)31(43-4)37-26(21)23/h5-15H,1-4H3,(H,34,41)(H,36,40). The number of aromatic nitrogens is 3. The summed E-state index contributed by atoms with van der Waals surface area (Å²) in [5, 5.41) is 4.97. The fourth-order valence-electron chi connectivity index (χ4n) is 4.54. The van der Waals surface area contributed by atoms with Gasteiger partial charge in [0.05, 0.1) is 25.3 Å². The van der Waals surface area contributed by atoms with Crippen molar-refractivity contribution in [2.75, 3.05) is 26.6 Å². The number of nitrogens with one attached hydrogen (secondary N) is 2. The number of hydrogen-bond donors (Lipinski definition) is 2. The van der Waals surface area contributed by atoms with Gasteiger partial charge in [-0.05, 0) is 29.8 Å². The van der Waals surface area contributed by atoms with Crippen molar-refractivity contribution in [3.63, 3.8) is 0 Å². The maximum atomic E-state index is 15.2. The van der Waals surface area contributed by atoms with Crippen molar-refractivity contribution in [2.45, 2.75) is 0 Å². The predicted octanol–water partition coefficient (Wildman–Crippen LogP) is 4.70. The van der Waals surface area contributed by atoms with Crippen LogP contribution in [0.2, 0.25) is 0 Å². The number of aryl methyl sites for hydroxylation is 1. The van der Waals surface area contributed by atoms with Crippen LogP contribution in [0, 0.1) is 11.6 Å². The number of anilines is 1. The SMILES string of the molecule is CNC(=O)c1c(-c2ccc(F)cc2)c(=O)c(C(=O)Nc2ccc(Oc3ccnc4cc(OC)c(OC)nc34)c(F)c2)cn1C. The molecule has 0 atom stereocenters. The smallest absolute Gasteiger partial charge is 0.268 e. The third-order valence-corrected chi connectivity index (χ3v) is 6.63. The molecule has 0 aliphatic heterocycles. The van der Waals surface area contributed by atoms with Crippen LogP contribution in [0.25, 0.3) is 22.2 Å². The lowest BCUT2D eigenvalue weighted by Gasteiger charge is -2.16. The van der Waals surface area contributed by atoms with Crippen molar-refractivity contribution in [1.82, 2.24) is 19.9 Å². The van der Waals surface area contributed by atoms with Gasteiger partial charge in [0.1, 0.15) is 22.6 Å². The van der Waals surface area contributed by atoms with Gasteiger partial charge < -0.3 is 29.4 Å². The molecule has 44 heavy (non-hydrogen) atoms. The van der Waals surface area contributed by atoms with Crippen LogP contribution in [-0.4, -0.2) is 47.6 Å². The summed E-state index contributed by atoms with van der Waals surface area (Å²) >= 11 is 0. The highest BCUT2D eigenvalue weighted by Gasteiger charge is 2.24. The average Bonchev–Trinajstić information content (AvgIpc) is 3.02. The summed E-state index contributed by atoms with van der Waals surface area (Å²) in [6, 6.07) is 11.8. The van der Waals surface area contributed by atoms with E-state index in [2.05, 4.69) is 20.6 Å². The summed E-state index contributed by atoms with van der Waals surface area (Å²) in [4.78, 5) is 48.0. The highest BCUT2D eigenvalue weighted by Crippen LogP contribution is 2.35. The first kappa shape index (κ1) is 29.6. The maximum Gasteiger partial charge on any atom is 0.268 e. The third kappa shape index (κ3) is 5.62. The minimum absolute atomic E-state index is 0.0256. The summed E-state index contributed by atoms with van der Waals surface area (Å²) in [5.41, 5.74) is -0.214. The number of fused-ring (bicyclic) bond motifs is 1. The molecule has 5 aromatic rings. The second kappa shape index (κ2) is 12.2. The first-order chi connectivity index (χ1) is 21.1. The summed E-state index contributed by atoms with van der Waals surface area (Å²) in [6.45, 7) is 0. The van der Waals surface area contributed by atoms with Gasteiger partial charge in [0.25, 0.3) is 17.7 Å². The number of amides is 2. The lowest BCUT2D eigenvalue weighted by Crippen LogP contribution is -2.31. The van der Waals surface area contributed by atoms with Crippen LogP contribution in [-0.2, 0) is 7.05 Å². The molecule has 0 saturated carbocycles. The second-order valence-corrected chi connectivity index (χ2v) is 9.37. The quantitative estimate of drug-likeness (QED) is 0.262. The molecule has 11 nitrogen and oxygen atoms in total. The van der Waals surface area contributed by atoms with E-state index in [4.69, 9.17) is 14.2 Å². The van der Waals surface area contributed by atoms with Gasteiger partial charge in [-0.2, -0.15) is 0 Å². The molecule has 0 spiro atoms. The highest BCUT2D eigenvalue weighted by atomic mass is 19.1. The first-order valence-electron chi connectivity index (χ1n) is 13.0. The number of pyridine rings is 3. The van der Waals surface area contributed by atoms with Crippen LogP contribution in [0.15, 0.2) is 71.8 Å². The van der Waals surface area contributed by atoms with E-state index in [1.54, 1.807) is 6.07 Å². The molecule has 13 heteroatoms. The molecule has 0 fully saturated rings. The van der Waals surface area contributed by atoms with Crippen LogP contribution >= 0.6 is 0 Å². The Bertz CT molecular complexity index is 1980. The molecule has 2 N–H and O–H groups in total. The van der Waals surface area contributed by atoms with Gasteiger partial charge in [-0.25, -0.2) is 13.8 Å². The molecule has 3 heterocycles. The summed E-state index contributed by atoms with van der Waals surface area (Å²) in [6.07, 6.45) is 2.67. The minimum Gasteiger partial charge on any atom is -0.491 e. The molecule has 0 radical (unpaired) electrons. The van der Waals surface area contributed by atoms with Crippen molar-refractivity contribution < 1.29 is 32.6 Å². The predicted molar refractivity (Wildman–Crippen MR) is 158 cm³/mol. The normalized spacial score (nSPS) is 10.8. The van der Waals surface area contributed by atoms with E-state index in [9.17, 15) is 18.8 Å². The number of ether oxygens (including phenoxy) is 3. The number of benzene rings is 2. The monoisotopic (exact) mass is 601 g/mol. The Balaban J connectivity index is 1.45. The lowest BCUT2D eigenvalue weighted by molar-refractivity contribution is 0.0952. The largest absolute Gasteiger partial charge is 0.491 e. The Kier molecular flexibility index (Phi) is 8.20. The number of halogens is 2. The molecular weight excluding hydrogens is 576 g/mol. The van der Waals surface area contributed by atoms with Crippen LogP contribution in [0.5, 0.6) is 23.1 Å². The van der Waals surface area contributed by atoms with Crippen molar-refractivity contribution in [2.24, 2.45) is 7.05 Å². The highest BCUT2D eigenvalue weighted by molar-refractivity contribution is 6.06. The Morgan fingerprint density at radius 1 is 0.909 bits per heavy atom. The van der Waals surface area contributed by atoms with Gasteiger partial charge in [-0.3, -0.25) is 19.4 Å². The molecule has 3 aromatic heterocycles. The van der Waals surface area contributed by atoms with Crippen LogP contribution in [0.1, 0.15) is 20.8 Å². The molecule has 5 rings (SSSR count). The van der Waals surface area contributed by atoms with Gasteiger partial charge in [0, 0.05) is 50.4 Å². The van der Waals surface area contributed by atoms with Gasteiger partial charge >= 0.3 is 0 Å². The van der Waals surface area contributed by atoms with Crippen molar-refractivity contribution in [3.05, 3.63) is 100 Å². The minimum atomic E-state index is -0.851. The Morgan fingerprint density at radius 3 is 2.32 bits per heavy atom. The van der Waals surface area contributed by atoms with Crippen LogP contribution in [0.4, 0.5) is 14.5 Å². The summed E-state index contributed by atoms with van der Waals surface area (Å²) < 4.78 is 46.4. The van der Waals surface area contributed by atoms with E-state index in [1.165, 1.54) is 75.6 Å². The average molecular weight is 602 g/mol. The fraction of sp³-hybridized carbons (Fsp3) is 0.129. The van der Waals surface area contributed by atoms with Gasteiger partial charge in [-0.15, -0.1) is 0 Å². The zero-order chi connectivity index (χ0) is 31.5. The molecule has 224 valence electrons. The van der Waals surface area contributed by atoms with Gasteiger partial charge in [0.2, 0.25) is 5.43 Å². The van der Waals surface area contributed by atoms with Crippen molar-refractivity contribution >= 4 is 28.5 Å². The molecule has 0 bridgehead atoms. The molecule has 0 aliphatic carbocycles. The molecule has 0 unspecified atom stereocenters. The van der Waals surface area contributed by atoms with Gasteiger partial charge in [0.15, 0.2) is 23.1 Å². The second-order valence-electron chi connectivity index (χ2n) is 9.37. The van der Waals surface area contributed by atoms with E-state index in [0.29, 0.717) is 16.8 Å². The Morgan fingerprint density at radius 2 is 1.66 bits per heavy atom. The van der Waals surface area contributed by atoms with E-state index in [-0.39, 0.29) is 45.5 Å². The topological polar surface area (TPSA) is 134 Å². The molecule has 2 amide bonds. The molecule has 0 saturated heterocycles. The van der Waals surface area contributed by atoms with E-state index in [0.717, 1.165) is 18.2 Å². The van der Waals surface area contributed by atoms with Crippen LogP contribution in [0.3, 0.4) is 0 Å². The van der Waals surface area contributed by atoms with Crippen molar-refractivity contribution in [1.29, 1.82) is 0 Å². The third-order valence-electron chi connectivity index (χ3n) is 6.63. The Labute approximate surface area is 249 Å². The van der Waals surface area contributed by atoms with Crippen LogP contribution < -0.4 is 30.3 Å². The van der Waals surface area contributed by atoms with E-state index in [1.807, 2.05) is 0 Å². The Hall–Kier alpha value is -5.85.